The van der Waals surface area contributed by atoms with Crippen LogP contribution < -0.4 is 0 Å². The molecule has 0 N–H and O–H groups in total. The number of amides is 1. The van der Waals surface area contributed by atoms with Crippen LogP contribution in [0.2, 0.25) is 5.02 Å². The molecule has 1 amide bonds. The summed E-state index contributed by atoms with van der Waals surface area (Å²) in [6.45, 7) is 4.47. The molecule has 1 fully saturated rings. The van der Waals surface area contributed by atoms with Gasteiger partial charge < -0.3 is 4.90 Å². The fraction of sp³-hybridized carbons (Fsp3) is 0.462. The Hall–Kier alpha value is -0.850. The Morgan fingerprint density at radius 2 is 2.00 bits per heavy atom. The number of hydrogen-bond acceptors (Lipinski definition) is 3. The summed E-state index contributed by atoms with van der Waals surface area (Å²) >= 11 is 5.88. The Morgan fingerprint density at radius 1 is 1.38 bits per heavy atom. The van der Waals surface area contributed by atoms with Crippen LogP contribution in [-0.4, -0.2) is 31.8 Å². The summed E-state index contributed by atoms with van der Waals surface area (Å²) in [7, 11) is 0.882. The van der Waals surface area contributed by atoms with Gasteiger partial charge in [-0.15, -0.1) is 0 Å². The van der Waals surface area contributed by atoms with E-state index in [-0.39, 0.29) is 16.6 Å². The zero-order valence-corrected chi connectivity index (χ0v) is 13.8. The van der Waals surface area contributed by atoms with E-state index in [0.29, 0.717) is 12.5 Å². The van der Waals surface area contributed by atoms with Gasteiger partial charge in [-0.2, -0.15) is 0 Å². The molecule has 1 aliphatic heterocycles. The number of carbonyl (C=O) groups excluding carboxylic acids is 1. The molecule has 0 spiro atoms. The molecule has 0 radical (unpaired) electrons. The normalized spacial score (nSPS) is 22.6. The van der Waals surface area contributed by atoms with Gasteiger partial charge in [-0.3, -0.25) is 4.79 Å². The Kier molecular flexibility index (Phi) is 4.52. The van der Waals surface area contributed by atoms with E-state index in [0.717, 1.165) is 18.6 Å². The predicted octanol–water partition coefficient (Wildman–Crippen LogP) is 3.28. The minimum atomic E-state index is -4.29. The van der Waals surface area contributed by atoms with E-state index in [1.54, 1.807) is 4.90 Å². The fourth-order valence-corrected chi connectivity index (χ4v) is 3.75. The maximum Gasteiger partial charge on any atom is 0.264 e. The van der Waals surface area contributed by atoms with Gasteiger partial charge in [-0.25, -0.2) is 12.8 Å². The topological polar surface area (TPSA) is 54.5 Å². The third-order valence-corrected chi connectivity index (χ3v) is 5.21. The van der Waals surface area contributed by atoms with Crippen molar-refractivity contribution in [3.05, 3.63) is 28.5 Å². The smallest absolute Gasteiger partial charge is 0.264 e. The van der Waals surface area contributed by atoms with E-state index < -0.39 is 25.7 Å². The van der Waals surface area contributed by atoms with Crippen LogP contribution in [0.25, 0.3) is 0 Å². The number of benzene rings is 1. The minimum Gasteiger partial charge on any atom is -0.336 e. The van der Waals surface area contributed by atoms with Gasteiger partial charge in [0.05, 0.1) is 10.6 Å². The van der Waals surface area contributed by atoms with E-state index >= 15 is 0 Å². The summed E-state index contributed by atoms with van der Waals surface area (Å²) in [6, 6.07) is 1.72. The van der Waals surface area contributed by atoms with Crippen LogP contribution in [0.1, 0.15) is 30.6 Å². The summed E-state index contributed by atoms with van der Waals surface area (Å²) in [6.07, 6.45) is 0.852. The number of rotatable bonds is 2. The molecule has 1 heterocycles. The van der Waals surface area contributed by atoms with Gasteiger partial charge in [0.1, 0.15) is 10.7 Å². The molecule has 2 unspecified atom stereocenters. The van der Waals surface area contributed by atoms with Gasteiger partial charge in [-0.1, -0.05) is 18.5 Å². The number of carbonyl (C=O) groups is 1. The lowest BCUT2D eigenvalue weighted by molar-refractivity contribution is 0.0743. The van der Waals surface area contributed by atoms with Crippen LogP contribution in [0.3, 0.4) is 0 Å². The molecule has 0 bridgehead atoms. The van der Waals surface area contributed by atoms with Gasteiger partial charge >= 0.3 is 0 Å². The Bertz CT molecular complexity index is 693. The molecule has 2 rings (SSSR count). The average Bonchev–Trinajstić information content (AvgIpc) is 2.66. The molecular formula is C13H14Cl2FNO3S. The largest absolute Gasteiger partial charge is 0.336 e. The first-order valence-corrected chi connectivity index (χ1v) is 9.04. The third kappa shape index (κ3) is 3.33. The van der Waals surface area contributed by atoms with Gasteiger partial charge in [0.25, 0.3) is 15.0 Å². The molecule has 1 aromatic carbocycles. The number of halogens is 3. The predicted molar refractivity (Wildman–Crippen MR) is 78.7 cm³/mol. The van der Waals surface area contributed by atoms with Crippen LogP contribution in [0.4, 0.5) is 4.39 Å². The zero-order chi connectivity index (χ0) is 15.9. The molecule has 0 aromatic heterocycles. The highest BCUT2D eigenvalue weighted by molar-refractivity contribution is 8.13. The highest BCUT2D eigenvalue weighted by Gasteiger charge is 2.32. The summed E-state index contributed by atoms with van der Waals surface area (Å²) in [5.41, 5.74) is -0.0572. The van der Waals surface area contributed by atoms with Gasteiger partial charge in [0, 0.05) is 23.3 Å². The van der Waals surface area contributed by atoms with Crippen molar-refractivity contribution in [2.24, 2.45) is 5.92 Å². The van der Waals surface area contributed by atoms with Crippen LogP contribution in [0.5, 0.6) is 0 Å². The van der Waals surface area contributed by atoms with E-state index in [4.69, 9.17) is 22.3 Å². The number of nitrogens with zero attached hydrogens (tertiary/aromatic N) is 1. The lowest BCUT2D eigenvalue weighted by Gasteiger charge is -2.22. The second-order valence-electron chi connectivity index (χ2n) is 5.35. The Labute approximate surface area is 132 Å². The summed E-state index contributed by atoms with van der Waals surface area (Å²) < 4.78 is 36.3. The van der Waals surface area contributed by atoms with Crippen LogP contribution >= 0.6 is 22.3 Å². The molecule has 116 valence electrons. The first-order valence-electron chi connectivity index (χ1n) is 6.36. The highest BCUT2D eigenvalue weighted by Crippen LogP contribution is 2.30. The SMILES string of the molecule is CC1CC(C)N(C(=O)c2cc(S(=O)(=O)Cl)c(F)cc2Cl)C1. The Balaban J connectivity index is 2.47. The van der Waals surface area contributed by atoms with E-state index in [2.05, 4.69) is 0 Å². The molecule has 2 atom stereocenters. The second-order valence-corrected chi connectivity index (χ2v) is 8.29. The van der Waals surface area contributed by atoms with Crippen molar-refractivity contribution in [2.75, 3.05) is 6.54 Å². The zero-order valence-electron chi connectivity index (χ0n) is 11.4. The molecule has 1 saturated heterocycles. The van der Waals surface area contributed by atoms with Crippen LogP contribution in [-0.2, 0) is 9.05 Å². The van der Waals surface area contributed by atoms with Crippen LogP contribution in [0.15, 0.2) is 17.0 Å². The van der Waals surface area contributed by atoms with Crippen molar-refractivity contribution in [1.82, 2.24) is 4.90 Å². The third-order valence-electron chi connectivity index (χ3n) is 3.56. The van der Waals surface area contributed by atoms with Crippen molar-refractivity contribution < 1.29 is 17.6 Å². The van der Waals surface area contributed by atoms with Crippen molar-refractivity contribution in [3.63, 3.8) is 0 Å². The lowest BCUT2D eigenvalue weighted by atomic mass is 10.1. The van der Waals surface area contributed by atoms with E-state index in [9.17, 15) is 17.6 Å². The first-order chi connectivity index (χ1) is 9.61. The fourth-order valence-electron chi connectivity index (χ4n) is 2.62. The quantitative estimate of drug-likeness (QED) is 0.766. The number of likely N-dealkylation sites (tertiary alicyclic amines) is 1. The summed E-state index contributed by atoms with van der Waals surface area (Å²) in [5.74, 6) is -1.15. The number of hydrogen-bond donors (Lipinski definition) is 0. The maximum absolute atomic E-state index is 13.6. The van der Waals surface area contributed by atoms with E-state index in [1.807, 2.05) is 13.8 Å². The first kappa shape index (κ1) is 16.5. The van der Waals surface area contributed by atoms with Crippen molar-refractivity contribution >= 4 is 37.2 Å². The van der Waals surface area contributed by atoms with Crippen molar-refractivity contribution in [3.8, 4) is 0 Å². The van der Waals surface area contributed by atoms with Crippen molar-refractivity contribution in [2.45, 2.75) is 31.2 Å². The van der Waals surface area contributed by atoms with Crippen molar-refractivity contribution in [1.29, 1.82) is 0 Å². The highest BCUT2D eigenvalue weighted by atomic mass is 35.7. The molecule has 4 nitrogen and oxygen atoms in total. The molecule has 8 heteroatoms. The molecule has 21 heavy (non-hydrogen) atoms. The lowest BCUT2D eigenvalue weighted by Crippen LogP contribution is -2.34. The molecule has 0 aliphatic carbocycles. The minimum absolute atomic E-state index is 0.0182. The Morgan fingerprint density at radius 3 is 2.48 bits per heavy atom. The average molecular weight is 354 g/mol. The molecule has 1 aliphatic rings. The van der Waals surface area contributed by atoms with E-state index in [1.165, 1.54) is 0 Å². The molecular weight excluding hydrogens is 340 g/mol. The summed E-state index contributed by atoms with van der Waals surface area (Å²) in [5, 5.41) is -0.131. The maximum atomic E-state index is 13.6. The van der Waals surface area contributed by atoms with Gasteiger partial charge in [-0.05, 0) is 31.4 Å². The molecule has 0 saturated carbocycles. The van der Waals surface area contributed by atoms with Crippen LogP contribution in [0, 0.1) is 11.7 Å². The summed E-state index contributed by atoms with van der Waals surface area (Å²) in [4.78, 5) is 13.4. The molecule has 1 aromatic rings. The standard InChI is InChI=1S/C13H14Cl2FNO3S/c1-7-3-8(2)17(6-7)13(18)9-4-12(21(15,19)20)11(16)5-10(9)14/h4-5,7-8H,3,6H2,1-2H3. The monoisotopic (exact) mass is 353 g/mol. The van der Waals surface area contributed by atoms with Gasteiger partial charge in [0.15, 0.2) is 0 Å². The second kappa shape index (κ2) is 5.74. The van der Waals surface area contributed by atoms with Gasteiger partial charge in [0.2, 0.25) is 0 Å².